The van der Waals surface area contributed by atoms with Crippen LogP contribution < -0.4 is 10.6 Å². The van der Waals surface area contributed by atoms with E-state index < -0.39 is 57.4 Å². The van der Waals surface area contributed by atoms with Crippen molar-refractivity contribution in [3.63, 3.8) is 0 Å². The Kier molecular flexibility index (Phi) is 6.80. The third-order valence-corrected chi connectivity index (χ3v) is 7.97. The number of aliphatic imine (C=N–C) groups is 1. The molecule has 15 heteroatoms. The van der Waals surface area contributed by atoms with Crippen LogP contribution in [0, 0.1) is 17.1 Å². The Morgan fingerprint density at radius 1 is 1.25 bits per heavy atom. The first kappa shape index (κ1) is 24.9. The van der Waals surface area contributed by atoms with E-state index in [2.05, 4.69) is 24.6 Å². The molecule has 188 valence electrons. The summed E-state index contributed by atoms with van der Waals surface area (Å²) in [5.41, 5.74) is -2.55. The van der Waals surface area contributed by atoms with Gasteiger partial charge in [-0.25, -0.2) is 37.1 Å². The van der Waals surface area contributed by atoms with Gasteiger partial charge in [0.1, 0.15) is 45.7 Å². The number of nitriles is 1. The van der Waals surface area contributed by atoms with Gasteiger partial charge in [0.2, 0.25) is 5.96 Å². The van der Waals surface area contributed by atoms with Gasteiger partial charge in [-0.2, -0.15) is 5.26 Å². The predicted octanol–water partition coefficient (Wildman–Crippen LogP) is 2.02. The molecule has 12 nitrogen and oxygen atoms in total. The number of aromatic nitrogens is 2. The number of hydrogen-bond donors (Lipinski definition) is 3. The lowest BCUT2D eigenvalue weighted by molar-refractivity contribution is 0.102. The lowest BCUT2D eigenvalue weighted by Gasteiger charge is -2.39. The highest BCUT2D eigenvalue weighted by Gasteiger charge is 2.48. The zero-order valence-corrected chi connectivity index (χ0v) is 19.5. The van der Waals surface area contributed by atoms with E-state index in [1.165, 1.54) is 22.6 Å². The minimum absolute atomic E-state index is 0.0543. The molecule has 0 radical (unpaired) electrons. The molecule has 0 saturated heterocycles. The van der Waals surface area contributed by atoms with Gasteiger partial charge < -0.3 is 10.4 Å². The number of fused-ring (bicyclic) bond motifs is 1. The molecule has 3 N–H and O–H groups in total. The number of amides is 2. The maximum absolute atomic E-state index is 15.0. The first-order valence-electron chi connectivity index (χ1n) is 10.7. The van der Waals surface area contributed by atoms with Crippen LogP contribution in [0.2, 0.25) is 0 Å². The van der Waals surface area contributed by atoms with Crippen molar-refractivity contribution in [1.29, 1.82) is 5.26 Å². The van der Waals surface area contributed by atoms with Crippen molar-refractivity contribution < 1.29 is 27.7 Å². The molecule has 2 atom stereocenters. The van der Waals surface area contributed by atoms with Crippen LogP contribution in [0.5, 0.6) is 0 Å². The predicted molar refractivity (Wildman–Crippen MR) is 124 cm³/mol. The number of halogens is 2. The lowest BCUT2D eigenvalue weighted by Crippen LogP contribution is -2.56. The fraction of sp³-hybridized carbons (Fsp3) is 0.333. The Morgan fingerprint density at radius 2 is 2.06 bits per heavy atom. The Bertz CT molecular complexity index is 1400. The highest BCUT2D eigenvalue weighted by Crippen LogP contribution is 2.36. The van der Waals surface area contributed by atoms with Gasteiger partial charge in [-0.05, 0) is 37.1 Å². The number of anilines is 1. The average Bonchev–Trinajstić information content (AvgIpc) is 3.06. The van der Waals surface area contributed by atoms with Crippen LogP contribution in [0.3, 0.4) is 0 Å². The Labute approximate surface area is 204 Å². The smallest absolute Gasteiger partial charge is 0.411 e. The molecule has 36 heavy (non-hydrogen) atoms. The fourth-order valence-electron chi connectivity index (χ4n) is 3.80. The van der Waals surface area contributed by atoms with Crippen molar-refractivity contribution >= 4 is 33.7 Å². The number of carboxylic acid groups (broad SMARTS) is 1. The topological polar surface area (TPSA) is 173 Å². The molecule has 2 aromatic heterocycles. The van der Waals surface area contributed by atoms with E-state index in [4.69, 9.17) is 5.26 Å². The summed E-state index contributed by atoms with van der Waals surface area (Å²) in [5, 5.41) is 22.6. The van der Waals surface area contributed by atoms with Gasteiger partial charge in [-0.3, -0.25) is 14.4 Å². The third-order valence-electron chi connectivity index (χ3n) is 5.48. The fourth-order valence-corrected chi connectivity index (χ4v) is 6.28. The summed E-state index contributed by atoms with van der Waals surface area (Å²) < 4.78 is 48.8. The number of hydrogen-bond acceptors (Lipinski definition) is 8. The number of carbonyl (C=O) groups is 2. The molecule has 4 rings (SSSR count). The third kappa shape index (κ3) is 4.80. The summed E-state index contributed by atoms with van der Waals surface area (Å²) in [6.07, 6.45) is 0.788. The van der Waals surface area contributed by atoms with Crippen LogP contribution in [0.4, 0.5) is 19.4 Å². The Hall–Kier alpha value is -4.19. The number of carbonyl (C=O) groups excluding carboxylic acids is 1. The van der Waals surface area contributed by atoms with Gasteiger partial charge in [-0.15, -0.1) is 0 Å². The molecule has 0 aromatic carbocycles. The van der Waals surface area contributed by atoms with Crippen molar-refractivity contribution in [2.24, 2.45) is 9.36 Å². The van der Waals surface area contributed by atoms with Crippen molar-refractivity contribution in [2.45, 2.75) is 18.4 Å². The molecule has 0 saturated carbocycles. The zero-order valence-electron chi connectivity index (χ0n) is 18.6. The molecule has 0 aliphatic carbocycles. The highest BCUT2D eigenvalue weighted by molar-refractivity contribution is 7.92. The van der Waals surface area contributed by atoms with Crippen LogP contribution in [0.25, 0.3) is 0 Å². The zero-order chi connectivity index (χ0) is 25.9. The molecule has 2 aliphatic rings. The molecule has 0 fully saturated rings. The monoisotopic (exact) mass is 518 g/mol. The SMILES string of the molecule is N#Cc1ccc(C(=O)Nc2ccc(F)c([C@]3(CF)C[S@]4(=O)=NCCCCN4C(NC(=O)O)=N3)n2)nc1. The summed E-state index contributed by atoms with van der Waals surface area (Å²) in [6, 6.07) is 6.64. The summed E-state index contributed by atoms with van der Waals surface area (Å²) in [6.45, 7) is -1.01. The second-order valence-corrected chi connectivity index (χ2v) is 10.2. The van der Waals surface area contributed by atoms with Gasteiger partial charge >= 0.3 is 6.09 Å². The van der Waals surface area contributed by atoms with Crippen molar-refractivity contribution in [3.8, 4) is 6.07 Å². The van der Waals surface area contributed by atoms with E-state index in [0.29, 0.717) is 12.8 Å². The Balaban J connectivity index is 1.76. The maximum atomic E-state index is 15.0. The number of guanidine groups is 1. The maximum Gasteiger partial charge on any atom is 0.411 e. The van der Waals surface area contributed by atoms with Gasteiger partial charge in [0, 0.05) is 12.7 Å². The lowest BCUT2D eigenvalue weighted by atomic mass is 9.98. The second-order valence-electron chi connectivity index (χ2n) is 7.97. The first-order chi connectivity index (χ1) is 17.2. The van der Waals surface area contributed by atoms with Crippen LogP contribution in [-0.4, -0.2) is 67.1 Å². The van der Waals surface area contributed by atoms with Gasteiger partial charge in [-0.1, -0.05) is 0 Å². The molecule has 0 unspecified atom stereocenters. The van der Waals surface area contributed by atoms with E-state index in [1.54, 1.807) is 0 Å². The molecule has 4 heterocycles. The van der Waals surface area contributed by atoms with E-state index in [0.717, 1.165) is 12.1 Å². The van der Waals surface area contributed by atoms with E-state index in [1.807, 2.05) is 11.4 Å². The molecular weight excluding hydrogens is 498 g/mol. The van der Waals surface area contributed by atoms with E-state index >= 15 is 4.39 Å². The standard InChI is InChI=1S/C21H20F2N8O4S/c22-11-21(12-36(35)26-7-1-2-8-31(36)19(30-21)29-20(33)34)17-14(23)4-6-16(27-17)28-18(32)15-5-3-13(9-24)10-25-15/h3-6,10H,1-2,7-8,11-12H2,(H,29,30)(H,33,34)(H,27,28,32)/t21-,36-/m0/s1. The van der Waals surface area contributed by atoms with E-state index in [-0.39, 0.29) is 30.2 Å². The van der Waals surface area contributed by atoms with Crippen molar-refractivity contribution in [2.75, 3.05) is 30.8 Å². The average molecular weight is 519 g/mol. The quantitative estimate of drug-likeness (QED) is 0.555. The summed E-state index contributed by atoms with van der Waals surface area (Å²) >= 11 is 0. The molecule has 2 amide bonds. The van der Waals surface area contributed by atoms with Crippen molar-refractivity contribution in [3.05, 3.63) is 53.2 Å². The minimum atomic E-state index is -3.40. The number of rotatable bonds is 4. The number of nitrogens with zero attached hydrogens (tertiary/aromatic N) is 6. The normalized spacial score (nSPS) is 23.2. The number of nitrogens with one attached hydrogen (secondary N) is 2. The second kappa shape index (κ2) is 9.82. The molecule has 2 aliphatic heterocycles. The van der Waals surface area contributed by atoms with Gasteiger partial charge in [0.15, 0.2) is 5.54 Å². The first-order valence-corrected chi connectivity index (χ1v) is 12.3. The minimum Gasteiger partial charge on any atom is -0.465 e. The number of alkyl halides is 1. The largest absolute Gasteiger partial charge is 0.465 e. The van der Waals surface area contributed by atoms with Gasteiger partial charge in [0.05, 0.1) is 17.9 Å². The van der Waals surface area contributed by atoms with Gasteiger partial charge in [0.25, 0.3) is 5.91 Å². The highest BCUT2D eigenvalue weighted by atomic mass is 32.2. The van der Waals surface area contributed by atoms with E-state index in [9.17, 15) is 23.3 Å². The summed E-state index contributed by atoms with van der Waals surface area (Å²) in [5.74, 6) is -2.88. The van der Waals surface area contributed by atoms with Crippen LogP contribution in [-0.2, 0) is 15.5 Å². The summed E-state index contributed by atoms with van der Waals surface area (Å²) in [4.78, 5) is 36.0. The molecule has 0 bridgehead atoms. The number of pyridine rings is 2. The molecule has 2 aromatic rings. The van der Waals surface area contributed by atoms with Crippen LogP contribution in [0.1, 0.15) is 34.6 Å². The molecule has 0 spiro atoms. The molecular formula is C21H20F2N8O4S. The summed E-state index contributed by atoms with van der Waals surface area (Å²) in [7, 11) is -3.40. The van der Waals surface area contributed by atoms with Crippen molar-refractivity contribution in [1.82, 2.24) is 19.6 Å². The Morgan fingerprint density at radius 3 is 2.72 bits per heavy atom. The van der Waals surface area contributed by atoms with Crippen LogP contribution in [0.15, 0.2) is 39.8 Å². The van der Waals surface area contributed by atoms with Crippen LogP contribution >= 0.6 is 0 Å².